The number of ether oxygens (including phenoxy) is 1. The SMILES string of the molecule is COc1ccccc1-n1ccn2cc(-c3cc(C)ccc3C)nc2c1=O. The number of hydrogen-bond acceptors (Lipinski definition) is 3. The predicted molar refractivity (Wildman–Crippen MR) is 102 cm³/mol. The predicted octanol–water partition coefficient (Wildman–Crippen LogP) is 3.78. The summed E-state index contributed by atoms with van der Waals surface area (Å²) >= 11 is 0. The zero-order valence-corrected chi connectivity index (χ0v) is 14.9. The lowest BCUT2D eigenvalue weighted by atomic mass is 10.0. The Morgan fingerprint density at radius 3 is 2.65 bits per heavy atom. The average molecular weight is 345 g/mol. The molecule has 0 aliphatic rings. The van der Waals surface area contributed by atoms with Gasteiger partial charge in [-0.3, -0.25) is 9.36 Å². The Balaban J connectivity index is 1.92. The van der Waals surface area contributed by atoms with Gasteiger partial charge >= 0.3 is 0 Å². The van der Waals surface area contributed by atoms with E-state index in [1.807, 2.05) is 50.5 Å². The quantitative estimate of drug-likeness (QED) is 0.568. The maximum absolute atomic E-state index is 13.0. The summed E-state index contributed by atoms with van der Waals surface area (Å²) in [5.74, 6) is 0.639. The molecule has 0 bridgehead atoms. The highest BCUT2D eigenvalue weighted by molar-refractivity contribution is 5.66. The van der Waals surface area contributed by atoms with Crippen LogP contribution >= 0.6 is 0 Å². The molecule has 0 spiro atoms. The van der Waals surface area contributed by atoms with Gasteiger partial charge in [-0.1, -0.05) is 29.8 Å². The molecule has 2 aromatic carbocycles. The van der Waals surface area contributed by atoms with Crippen molar-refractivity contribution < 1.29 is 4.74 Å². The van der Waals surface area contributed by atoms with Crippen molar-refractivity contribution in [3.05, 3.63) is 82.5 Å². The van der Waals surface area contributed by atoms with E-state index >= 15 is 0 Å². The van der Waals surface area contributed by atoms with Crippen LogP contribution in [0.15, 0.2) is 65.8 Å². The number of benzene rings is 2. The highest BCUT2D eigenvalue weighted by Gasteiger charge is 2.13. The smallest absolute Gasteiger partial charge is 0.298 e. The van der Waals surface area contributed by atoms with E-state index in [0.29, 0.717) is 17.1 Å². The molecular formula is C21H19N3O2. The van der Waals surface area contributed by atoms with Gasteiger partial charge in [0.2, 0.25) is 5.65 Å². The highest BCUT2D eigenvalue weighted by atomic mass is 16.5. The number of aryl methyl sites for hydroxylation is 2. The Morgan fingerprint density at radius 1 is 1.04 bits per heavy atom. The highest BCUT2D eigenvalue weighted by Crippen LogP contribution is 2.24. The Labute approximate surface area is 151 Å². The molecule has 0 fully saturated rings. The van der Waals surface area contributed by atoms with Crippen LogP contribution in [0.5, 0.6) is 5.75 Å². The molecule has 0 saturated carbocycles. The number of para-hydroxylation sites is 2. The van der Waals surface area contributed by atoms with E-state index in [4.69, 9.17) is 4.74 Å². The van der Waals surface area contributed by atoms with E-state index in [0.717, 1.165) is 22.4 Å². The Bertz CT molecular complexity index is 1170. The molecule has 26 heavy (non-hydrogen) atoms. The van der Waals surface area contributed by atoms with E-state index in [2.05, 4.69) is 23.2 Å². The number of fused-ring (bicyclic) bond motifs is 1. The van der Waals surface area contributed by atoms with E-state index < -0.39 is 0 Å². The van der Waals surface area contributed by atoms with Gasteiger partial charge in [0.05, 0.1) is 18.5 Å². The normalized spacial score (nSPS) is 11.0. The molecule has 0 aliphatic heterocycles. The van der Waals surface area contributed by atoms with Crippen LogP contribution in [-0.4, -0.2) is 21.1 Å². The van der Waals surface area contributed by atoms with Crippen LogP contribution in [0.2, 0.25) is 0 Å². The van der Waals surface area contributed by atoms with Gasteiger partial charge in [0.1, 0.15) is 5.75 Å². The molecule has 2 heterocycles. The summed E-state index contributed by atoms with van der Waals surface area (Å²) in [6.07, 6.45) is 5.47. The second-order valence-corrected chi connectivity index (χ2v) is 6.32. The molecule has 2 aromatic heterocycles. The van der Waals surface area contributed by atoms with Crippen molar-refractivity contribution in [3.8, 4) is 22.7 Å². The third-order valence-corrected chi connectivity index (χ3v) is 4.53. The molecule has 4 aromatic rings. The summed E-state index contributed by atoms with van der Waals surface area (Å²) in [6.45, 7) is 4.10. The Kier molecular flexibility index (Phi) is 3.84. The number of aromatic nitrogens is 3. The summed E-state index contributed by atoms with van der Waals surface area (Å²) in [4.78, 5) is 17.6. The Morgan fingerprint density at radius 2 is 1.85 bits per heavy atom. The average Bonchev–Trinajstić information content (AvgIpc) is 3.09. The lowest BCUT2D eigenvalue weighted by molar-refractivity contribution is 0.412. The second-order valence-electron chi connectivity index (χ2n) is 6.32. The van der Waals surface area contributed by atoms with Gasteiger partial charge < -0.3 is 9.14 Å². The molecule has 0 aliphatic carbocycles. The standard InChI is InChI=1S/C21H19N3O2/c1-14-8-9-15(2)16(12-14)17-13-23-10-11-24(21(25)20(23)22-17)18-6-4-5-7-19(18)26-3/h4-13H,1-3H3. The minimum absolute atomic E-state index is 0.187. The molecular weight excluding hydrogens is 326 g/mol. The number of methoxy groups -OCH3 is 1. The van der Waals surface area contributed by atoms with Crippen LogP contribution in [0, 0.1) is 13.8 Å². The van der Waals surface area contributed by atoms with E-state index in [-0.39, 0.29) is 5.56 Å². The number of rotatable bonds is 3. The fraction of sp³-hybridized carbons (Fsp3) is 0.143. The zero-order chi connectivity index (χ0) is 18.3. The fourth-order valence-electron chi connectivity index (χ4n) is 3.14. The molecule has 0 amide bonds. The van der Waals surface area contributed by atoms with Crippen molar-refractivity contribution in [1.82, 2.24) is 14.0 Å². The van der Waals surface area contributed by atoms with Crippen LogP contribution in [0.25, 0.3) is 22.6 Å². The minimum atomic E-state index is -0.187. The van der Waals surface area contributed by atoms with Crippen molar-refractivity contribution >= 4 is 5.65 Å². The first-order valence-corrected chi connectivity index (χ1v) is 8.40. The number of nitrogens with zero attached hydrogens (tertiary/aromatic N) is 3. The maximum atomic E-state index is 13.0. The Hall–Kier alpha value is -3.34. The van der Waals surface area contributed by atoms with Gasteiger partial charge in [0.15, 0.2) is 0 Å². The minimum Gasteiger partial charge on any atom is -0.495 e. The van der Waals surface area contributed by atoms with E-state index in [9.17, 15) is 4.79 Å². The lowest BCUT2D eigenvalue weighted by Gasteiger charge is -2.10. The van der Waals surface area contributed by atoms with E-state index in [1.165, 1.54) is 0 Å². The number of imidazole rings is 1. The van der Waals surface area contributed by atoms with Gasteiger partial charge in [-0.15, -0.1) is 0 Å². The topological polar surface area (TPSA) is 48.5 Å². The molecule has 130 valence electrons. The van der Waals surface area contributed by atoms with Gasteiger partial charge in [0, 0.05) is 24.2 Å². The van der Waals surface area contributed by atoms with Crippen molar-refractivity contribution in [2.45, 2.75) is 13.8 Å². The first kappa shape index (κ1) is 16.1. The monoisotopic (exact) mass is 345 g/mol. The maximum Gasteiger partial charge on any atom is 0.298 e. The van der Waals surface area contributed by atoms with Crippen LogP contribution < -0.4 is 10.3 Å². The second kappa shape index (κ2) is 6.19. The van der Waals surface area contributed by atoms with Crippen LogP contribution in [0.4, 0.5) is 0 Å². The van der Waals surface area contributed by atoms with Crippen molar-refractivity contribution in [2.24, 2.45) is 0 Å². The number of hydrogen-bond donors (Lipinski definition) is 0. The fourth-order valence-corrected chi connectivity index (χ4v) is 3.14. The molecule has 0 unspecified atom stereocenters. The van der Waals surface area contributed by atoms with Crippen molar-refractivity contribution in [3.63, 3.8) is 0 Å². The summed E-state index contributed by atoms with van der Waals surface area (Å²) < 4.78 is 8.72. The van der Waals surface area contributed by atoms with Gasteiger partial charge in [-0.05, 0) is 37.6 Å². The molecule has 0 atom stereocenters. The molecule has 5 nitrogen and oxygen atoms in total. The van der Waals surface area contributed by atoms with Crippen molar-refractivity contribution in [1.29, 1.82) is 0 Å². The van der Waals surface area contributed by atoms with Crippen LogP contribution in [0.1, 0.15) is 11.1 Å². The summed E-state index contributed by atoms with van der Waals surface area (Å²) in [5, 5.41) is 0. The summed E-state index contributed by atoms with van der Waals surface area (Å²) in [5.41, 5.74) is 5.01. The first-order chi connectivity index (χ1) is 12.6. The molecule has 0 N–H and O–H groups in total. The van der Waals surface area contributed by atoms with Gasteiger partial charge in [-0.2, -0.15) is 0 Å². The summed E-state index contributed by atoms with van der Waals surface area (Å²) in [6, 6.07) is 13.7. The first-order valence-electron chi connectivity index (χ1n) is 8.40. The third-order valence-electron chi connectivity index (χ3n) is 4.53. The zero-order valence-electron chi connectivity index (χ0n) is 14.9. The molecule has 5 heteroatoms. The van der Waals surface area contributed by atoms with Crippen LogP contribution in [-0.2, 0) is 0 Å². The molecule has 0 radical (unpaired) electrons. The van der Waals surface area contributed by atoms with Gasteiger partial charge in [0.25, 0.3) is 5.56 Å². The molecule has 4 rings (SSSR count). The van der Waals surface area contributed by atoms with Crippen LogP contribution in [0.3, 0.4) is 0 Å². The van der Waals surface area contributed by atoms with Crippen molar-refractivity contribution in [2.75, 3.05) is 7.11 Å². The molecule has 0 saturated heterocycles. The lowest BCUT2D eigenvalue weighted by Crippen LogP contribution is -2.20. The van der Waals surface area contributed by atoms with E-state index in [1.54, 1.807) is 22.3 Å². The largest absolute Gasteiger partial charge is 0.495 e. The van der Waals surface area contributed by atoms with Gasteiger partial charge in [-0.25, -0.2) is 4.98 Å². The summed E-state index contributed by atoms with van der Waals surface area (Å²) in [7, 11) is 1.59. The third kappa shape index (κ3) is 2.58.